The maximum absolute atomic E-state index is 12.4. The van der Waals surface area contributed by atoms with Crippen molar-refractivity contribution in [2.75, 3.05) is 24.5 Å². The van der Waals surface area contributed by atoms with Crippen molar-refractivity contribution in [2.24, 2.45) is 0 Å². The molecule has 0 unspecified atom stereocenters. The number of urea groups is 1. The predicted octanol–water partition coefficient (Wildman–Crippen LogP) is 4.26. The minimum atomic E-state index is -0.497. The van der Waals surface area contributed by atoms with Gasteiger partial charge in [0.1, 0.15) is 17.2 Å². The summed E-state index contributed by atoms with van der Waals surface area (Å²) in [7, 11) is 1.52. The SMILES string of the molecule is CNC(=O)c1cc(Oc2ccc(Cl)c(NC(=O)Nc3ccc4c(c3)OCO4)c2)ccn1. The van der Waals surface area contributed by atoms with E-state index in [1.165, 1.54) is 19.3 Å². The molecule has 4 rings (SSSR count). The molecular weight excluding hydrogens is 424 g/mol. The van der Waals surface area contributed by atoms with Gasteiger partial charge in [-0.25, -0.2) is 4.79 Å². The van der Waals surface area contributed by atoms with Crippen LogP contribution in [0.1, 0.15) is 10.5 Å². The van der Waals surface area contributed by atoms with Crippen LogP contribution in [0.3, 0.4) is 0 Å². The van der Waals surface area contributed by atoms with Crippen molar-refractivity contribution in [3.8, 4) is 23.0 Å². The second-order valence-electron chi connectivity index (χ2n) is 6.35. The Labute approximate surface area is 182 Å². The number of carbonyl (C=O) groups is 2. The summed E-state index contributed by atoms with van der Waals surface area (Å²) < 4.78 is 16.3. The van der Waals surface area contributed by atoms with Crippen LogP contribution in [0.5, 0.6) is 23.0 Å². The molecule has 0 bridgehead atoms. The van der Waals surface area contributed by atoms with E-state index >= 15 is 0 Å². The van der Waals surface area contributed by atoms with E-state index in [9.17, 15) is 9.59 Å². The van der Waals surface area contributed by atoms with Crippen molar-refractivity contribution < 1.29 is 23.8 Å². The number of amides is 3. The average molecular weight is 441 g/mol. The number of halogens is 1. The molecule has 1 aliphatic rings. The highest BCUT2D eigenvalue weighted by Crippen LogP contribution is 2.34. The highest BCUT2D eigenvalue weighted by Gasteiger charge is 2.15. The van der Waals surface area contributed by atoms with Gasteiger partial charge in [-0.1, -0.05) is 11.6 Å². The van der Waals surface area contributed by atoms with E-state index in [0.29, 0.717) is 39.4 Å². The van der Waals surface area contributed by atoms with Gasteiger partial charge in [0.25, 0.3) is 5.91 Å². The number of ether oxygens (including phenoxy) is 3. The molecule has 1 aromatic heterocycles. The standard InChI is InChI=1S/C21H17ClN4O5/c1-23-20(27)17-10-14(6-7-24-17)31-13-3-4-15(22)16(9-13)26-21(28)25-12-2-5-18-19(8-12)30-11-29-18/h2-10H,11H2,1H3,(H,23,27)(H2,25,26,28). The first-order valence-electron chi connectivity index (χ1n) is 9.15. The molecule has 0 saturated carbocycles. The Morgan fingerprint density at radius 1 is 1.00 bits per heavy atom. The van der Waals surface area contributed by atoms with Gasteiger partial charge >= 0.3 is 6.03 Å². The zero-order valence-electron chi connectivity index (χ0n) is 16.3. The monoisotopic (exact) mass is 440 g/mol. The normalized spacial score (nSPS) is 11.5. The number of anilines is 2. The molecule has 0 saturated heterocycles. The number of aromatic nitrogens is 1. The zero-order chi connectivity index (χ0) is 21.8. The fourth-order valence-corrected chi connectivity index (χ4v) is 2.95. The van der Waals surface area contributed by atoms with E-state index in [2.05, 4.69) is 20.9 Å². The van der Waals surface area contributed by atoms with Crippen LogP contribution in [0, 0.1) is 0 Å². The van der Waals surface area contributed by atoms with E-state index in [0.717, 1.165) is 0 Å². The average Bonchev–Trinajstić information content (AvgIpc) is 3.23. The molecule has 9 nitrogen and oxygen atoms in total. The van der Waals surface area contributed by atoms with E-state index in [1.54, 1.807) is 42.5 Å². The Balaban J connectivity index is 1.45. The Morgan fingerprint density at radius 3 is 2.65 bits per heavy atom. The zero-order valence-corrected chi connectivity index (χ0v) is 17.0. The Hall–Kier alpha value is -3.98. The molecule has 31 heavy (non-hydrogen) atoms. The summed E-state index contributed by atoms with van der Waals surface area (Å²) in [4.78, 5) is 28.1. The van der Waals surface area contributed by atoms with Crippen LogP contribution in [0.4, 0.5) is 16.2 Å². The third kappa shape index (κ3) is 4.78. The predicted molar refractivity (Wildman–Crippen MR) is 114 cm³/mol. The van der Waals surface area contributed by atoms with E-state index in [1.807, 2.05) is 0 Å². The summed E-state index contributed by atoms with van der Waals surface area (Å²) in [6.45, 7) is 0.148. The Bertz CT molecular complexity index is 1150. The van der Waals surface area contributed by atoms with Gasteiger partial charge in [0.05, 0.1) is 10.7 Å². The van der Waals surface area contributed by atoms with Gasteiger partial charge in [-0.3, -0.25) is 9.78 Å². The fraction of sp³-hybridized carbons (Fsp3) is 0.0952. The van der Waals surface area contributed by atoms with Crippen molar-refractivity contribution in [2.45, 2.75) is 0 Å². The molecule has 0 spiro atoms. The molecule has 158 valence electrons. The maximum atomic E-state index is 12.4. The number of fused-ring (bicyclic) bond motifs is 1. The summed E-state index contributed by atoms with van der Waals surface area (Å²) in [5.74, 6) is 1.67. The van der Waals surface area contributed by atoms with Crippen molar-refractivity contribution in [1.82, 2.24) is 10.3 Å². The van der Waals surface area contributed by atoms with Crippen LogP contribution in [0.25, 0.3) is 0 Å². The van der Waals surface area contributed by atoms with Gasteiger partial charge in [-0.2, -0.15) is 0 Å². The van der Waals surface area contributed by atoms with E-state index < -0.39 is 6.03 Å². The third-order valence-electron chi connectivity index (χ3n) is 4.24. The summed E-state index contributed by atoms with van der Waals surface area (Å²) in [5.41, 5.74) is 1.09. The lowest BCUT2D eigenvalue weighted by atomic mass is 10.2. The van der Waals surface area contributed by atoms with E-state index in [4.69, 9.17) is 25.8 Å². The summed E-state index contributed by atoms with van der Waals surface area (Å²) in [6.07, 6.45) is 1.47. The van der Waals surface area contributed by atoms with Gasteiger partial charge < -0.3 is 30.2 Å². The number of rotatable bonds is 5. The van der Waals surface area contributed by atoms with Crippen LogP contribution < -0.4 is 30.2 Å². The van der Waals surface area contributed by atoms with Gasteiger partial charge in [0.15, 0.2) is 11.5 Å². The van der Waals surface area contributed by atoms with E-state index in [-0.39, 0.29) is 18.4 Å². The van der Waals surface area contributed by atoms with Crippen LogP contribution in [0.15, 0.2) is 54.7 Å². The Kier molecular flexibility index (Phi) is 5.76. The van der Waals surface area contributed by atoms with Gasteiger partial charge in [-0.05, 0) is 30.3 Å². The smallest absolute Gasteiger partial charge is 0.323 e. The maximum Gasteiger partial charge on any atom is 0.323 e. The van der Waals surface area contributed by atoms with Crippen LogP contribution in [-0.4, -0.2) is 30.8 Å². The van der Waals surface area contributed by atoms with Crippen molar-refractivity contribution in [3.63, 3.8) is 0 Å². The molecule has 3 amide bonds. The molecule has 2 heterocycles. The molecule has 0 aliphatic carbocycles. The first kappa shape index (κ1) is 20.3. The largest absolute Gasteiger partial charge is 0.457 e. The molecule has 0 radical (unpaired) electrons. The lowest BCUT2D eigenvalue weighted by Crippen LogP contribution is -2.19. The first-order valence-corrected chi connectivity index (χ1v) is 9.53. The minimum Gasteiger partial charge on any atom is -0.457 e. The second kappa shape index (κ2) is 8.80. The first-order chi connectivity index (χ1) is 15.0. The Morgan fingerprint density at radius 2 is 1.81 bits per heavy atom. The van der Waals surface area contributed by atoms with Crippen molar-refractivity contribution >= 4 is 34.9 Å². The highest BCUT2D eigenvalue weighted by atomic mass is 35.5. The quantitative estimate of drug-likeness (QED) is 0.546. The lowest BCUT2D eigenvalue weighted by Gasteiger charge is -2.12. The van der Waals surface area contributed by atoms with Gasteiger partial charge in [0, 0.05) is 37.1 Å². The summed E-state index contributed by atoms with van der Waals surface area (Å²) in [6, 6.07) is 12.5. The second-order valence-corrected chi connectivity index (χ2v) is 6.75. The topological polar surface area (TPSA) is 111 Å². The molecular formula is C21H17ClN4O5. The van der Waals surface area contributed by atoms with Gasteiger partial charge in [-0.15, -0.1) is 0 Å². The minimum absolute atomic E-state index is 0.148. The number of pyridine rings is 1. The summed E-state index contributed by atoms with van der Waals surface area (Å²) in [5, 5.41) is 8.21. The van der Waals surface area contributed by atoms with Crippen LogP contribution in [0.2, 0.25) is 5.02 Å². The molecule has 10 heteroatoms. The third-order valence-corrected chi connectivity index (χ3v) is 4.57. The number of carbonyl (C=O) groups excluding carboxylic acids is 2. The number of hydrogen-bond acceptors (Lipinski definition) is 6. The number of benzene rings is 2. The number of nitrogens with one attached hydrogen (secondary N) is 3. The van der Waals surface area contributed by atoms with Crippen LogP contribution >= 0.6 is 11.6 Å². The van der Waals surface area contributed by atoms with Crippen LogP contribution in [-0.2, 0) is 0 Å². The fourth-order valence-electron chi connectivity index (χ4n) is 2.79. The van der Waals surface area contributed by atoms with Crippen molar-refractivity contribution in [1.29, 1.82) is 0 Å². The van der Waals surface area contributed by atoms with Gasteiger partial charge in [0.2, 0.25) is 6.79 Å². The molecule has 3 aromatic rings. The molecule has 2 aromatic carbocycles. The summed E-state index contributed by atoms with van der Waals surface area (Å²) >= 11 is 6.21. The van der Waals surface area contributed by atoms with Crippen molar-refractivity contribution in [3.05, 3.63) is 65.4 Å². The highest BCUT2D eigenvalue weighted by molar-refractivity contribution is 6.33. The number of nitrogens with zero attached hydrogens (tertiary/aromatic N) is 1. The molecule has 3 N–H and O–H groups in total. The molecule has 0 fully saturated rings. The lowest BCUT2D eigenvalue weighted by molar-refractivity contribution is 0.0957. The molecule has 0 atom stereocenters. The molecule has 1 aliphatic heterocycles. The number of hydrogen-bond donors (Lipinski definition) is 3.